The molecule has 2 heterocycles. The van der Waals surface area contributed by atoms with Crippen molar-refractivity contribution in [2.75, 3.05) is 0 Å². The quantitative estimate of drug-likeness (QED) is 0.295. The molecule has 0 saturated heterocycles. The van der Waals surface area contributed by atoms with E-state index in [0.717, 1.165) is 6.42 Å². The van der Waals surface area contributed by atoms with E-state index in [9.17, 15) is 0 Å². The lowest BCUT2D eigenvalue weighted by Gasteiger charge is -2.12. The molecule has 1 unspecified atom stereocenters. The molecule has 0 fully saturated rings. The third-order valence-electron chi connectivity index (χ3n) is 6.61. The van der Waals surface area contributed by atoms with Crippen molar-refractivity contribution in [2.24, 2.45) is 0 Å². The van der Waals surface area contributed by atoms with Crippen LogP contribution in [0.3, 0.4) is 0 Å². The predicted molar refractivity (Wildman–Crippen MR) is 133 cm³/mol. The first-order valence-electron chi connectivity index (χ1n) is 11.3. The molecule has 0 spiro atoms. The average molecular weight is 407 g/mol. The van der Waals surface area contributed by atoms with Gasteiger partial charge in [0.05, 0.1) is 0 Å². The Balaban J connectivity index is 1.60. The maximum atomic E-state index is 3.82. The van der Waals surface area contributed by atoms with Crippen molar-refractivity contribution >= 4 is 21.8 Å². The van der Waals surface area contributed by atoms with Gasteiger partial charge in [0.15, 0.2) is 0 Å². The highest BCUT2D eigenvalue weighted by Crippen LogP contribution is 2.38. The molecule has 3 aromatic carbocycles. The van der Waals surface area contributed by atoms with Crippen LogP contribution in [0, 0.1) is 6.92 Å². The van der Waals surface area contributed by atoms with Gasteiger partial charge < -0.3 is 9.97 Å². The lowest BCUT2D eigenvalue weighted by Crippen LogP contribution is -1.98. The number of aromatic nitrogens is 2. The Morgan fingerprint density at radius 3 is 2.29 bits per heavy atom. The van der Waals surface area contributed by atoms with Gasteiger partial charge in [-0.25, -0.2) is 0 Å². The van der Waals surface area contributed by atoms with Gasteiger partial charge in [0.2, 0.25) is 0 Å². The van der Waals surface area contributed by atoms with Gasteiger partial charge in [-0.15, -0.1) is 0 Å². The van der Waals surface area contributed by atoms with E-state index in [4.69, 9.17) is 0 Å². The summed E-state index contributed by atoms with van der Waals surface area (Å²) in [6.07, 6.45) is 3.20. The molecular formula is C29H30N2. The molecule has 5 aromatic rings. The number of hydrogen-bond acceptors (Lipinski definition) is 0. The van der Waals surface area contributed by atoms with Crippen LogP contribution in [-0.2, 0) is 6.42 Å². The van der Waals surface area contributed by atoms with Gasteiger partial charge in [0.1, 0.15) is 0 Å². The van der Waals surface area contributed by atoms with Crippen molar-refractivity contribution in [2.45, 2.75) is 46.0 Å². The van der Waals surface area contributed by atoms with E-state index < -0.39 is 0 Å². The van der Waals surface area contributed by atoms with E-state index in [1.165, 1.54) is 55.3 Å². The number of fused-ring (bicyclic) bond motifs is 2. The first-order valence-corrected chi connectivity index (χ1v) is 11.3. The lowest BCUT2D eigenvalue weighted by atomic mass is 9.91. The van der Waals surface area contributed by atoms with E-state index in [-0.39, 0.29) is 0 Å². The van der Waals surface area contributed by atoms with Crippen LogP contribution < -0.4 is 0 Å². The van der Waals surface area contributed by atoms with Crippen LogP contribution >= 0.6 is 0 Å². The molecule has 0 amide bonds. The summed E-state index contributed by atoms with van der Waals surface area (Å²) in [6.45, 7) is 9.09. The average Bonchev–Trinajstić information content (AvgIpc) is 3.38. The second-order valence-corrected chi connectivity index (χ2v) is 9.12. The molecule has 156 valence electrons. The first-order chi connectivity index (χ1) is 15.0. The molecule has 2 N–H and O–H groups in total. The Morgan fingerprint density at radius 2 is 1.52 bits per heavy atom. The number of aryl methyl sites for hydroxylation is 1. The molecule has 1 atom stereocenters. The zero-order chi connectivity index (χ0) is 21.5. The van der Waals surface area contributed by atoms with Crippen molar-refractivity contribution in [3.05, 3.63) is 95.2 Å². The summed E-state index contributed by atoms with van der Waals surface area (Å²) in [5.41, 5.74) is 10.6. The normalized spacial score (nSPS) is 12.8. The first kappa shape index (κ1) is 19.7. The van der Waals surface area contributed by atoms with E-state index in [1.54, 1.807) is 0 Å². The molecule has 0 aliphatic rings. The van der Waals surface area contributed by atoms with Crippen LogP contribution in [-0.4, -0.2) is 9.97 Å². The van der Waals surface area contributed by atoms with Crippen molar-refractivity contribution in [3.63, 3.8) is 0 Å². The number of aromatic amines is 2. The highest BCUT2D eigenvalue weighted by molar-refractivity contribution is 5.93. The number of para-hydroxylation sites is 2. The minimum Gasteiger partial charge on any atom is -0.361 e. The summed E-state index contributed by atoms with van der Waals surface area (Å²) in [6, 6.07) is 24.1. The Hall–Kier alpha value is -3.26. The highest BCUT2D eigenvalue weighted by atomic mass is 14.7. The number of H-pyrrole nitrogens is 2. The fourth-order valence-electron chi connectivity index (χ4n) is 5.08. The monoisotopic (exact) mass is 406 g/mol. The molecule has 0 aliphatic heterocycles. The van der Waals surface area contributed by atoms with E-state index in [1.807, 2.05) is 0 Å². The van der Waals surface area contributed by atoms with Crippen LogP contribution in [0.25, 0.3) is 33.1 Å². The Morgan fingerprint density at radius 1 is 0.774 bits per heavy atom. The van der Waals surface area contributed by atoms with Crippen LogP contribution in [0.1, 0.15) is 54.9 Å². The van der Waals surface area contributed by atoms with Crippen LogP contribution in [0.15, 0.2) is 72.9 Å². The van der Waals surface area contributed by atoms with E-state index >= 15 is 0 Å². The molecule has 31 heavy (non-hydrogen) atoms. The third-order valence-corrected chi connectivity index (χ3v) is 6.61. The maximum Gasteiger partial charge on any atom is 0.0500 e. The summed E-state index contributed by atoms with van der Waals surface area (Å²) in [4.78, 5) is 7.32. The van der Waals surface area contributed by atoms with Gasteiger partial charge in [0.25, 0.3) is 0 Å². The summed E-state index contributed by atoms with van der Waals surface area (Å²) >= 11 is 0. The highest BCUT2D eigenvalue weighted by Gasteiger charge is 2.19. The Bertz CT molecular complexity index is 1350. The van der Waals surface area contributed by atoms with Crippen molar-refractivity contribution in [1.82, 2.24) is 9.97 Å². The van der Waals surface area contributed by atoms with Crippen molar-refractivity contribution in [1.29, 1.82) is 0 Å². The minimum atomic E-state index is 0.423. The zero-order valence-corrected chi connectivity index (χ0v) is 18.8. The van der Waals surface area contributed by atoms with Gasteiger partial charge in [-0.1, -0.05) is 87.5 Å². The summed E-state index contributed by atoms with van der Waals surface area (Å²) in [5.74, 6) is 0.875. The number of benzene rings is 3. The summed E-state index contributed by atoms with van der Waals surface area (Å²) in [7, 11) is 0. The lowest BCUT2D eigenvalue weighted by molar-refractivity contribution is 0.768. The molecule has 2 heteroatoms. The van der Waals surface area contributed by atoms with Crippen LogP contribution in [0.2, 0.25) is 0 Å². The van der Waals surface area contributed by atoms with Crippen LogP contribution in [0.4, 0.5) is 0 Å². The standard InChI is InChI=1S/C29H30N2/c1-18(2)26-24-15-9-13-22(28(24)31-29(26)21-11-6-5-7-12-21)16-20(4)25-17-30-27-19(3)10-8-14-23(25)27/h5-15,17-18,20,30-31H,16H2,1-4H3. The van der Waals surface area contributed by atoms with Gasteiger partial charge >= 0.3 is 0 Å². The van der Waals surface area contributed by atoms with Gasteiger partial charge in [-0.2, -0.15) is 0 Å². The predicted octanol–water partition coefficient (Wildman–Crippen LogP) is 8.09. The number of rotatable bonds is 5. The molecule has 2 nitrogen and oxygen atoms in total. The maximum absolute atomic E-state index is 3.82. The van der Waals surface area contributed by atoms with Gasteiger partial charge in [-0.05, 0) is 53.0 Å². The Labute approximate surface area is 184 Å². The van der Waals surface area contributed by atoms with Gasteiger partial charge in [0, 0.05) is 33.7 Å². The molecule has 5 rings (SSSR count). The molecule has 2 aromatic heterocycles. The van der Waals surface area contributed by atoms with E-state index in [2.05, 4.69) is 111 Å². The molecule has 0 aliphatic carbocycles. The number of nitrogens with one attached hydrogen (secondary N) is 2. The molecular weight excluding hydrogens is 376 g/mol. The third kappa shape index (κ3) is 3.37. The second kappa shape index (κ2) is 7.77. The van der Waals surface area contributed by atoms with Crippen molar-refractivity contribution in [3.8, 4) is 11.3 Å². The molecule has 0 bridgehead atoms. The van der Waals surface area contributed by atoms with Crippen molar-refractivity contribution < 1.29 is 0 Å². The smallest absolute Gasteiger partial charge is 0.0500 e. The summed E-state index contributed by atoms with van der Waals surface area (Å²) in [5, 5.41) is 2.70. The Kier molecular flexibility index (Phi) is 4.94. The minimum absolute atomic E-state index is 0.423. The largest absolute Gasteiger partial charge is 0.361 e. The molecule has 0 radical (unpaired) electrons. The fourth-order valence-corrected chi connectivity index (χ4v) is 5.08. The second-order valence-electron chi connectivity index (χ2n) is 9.12. The van der Waals surface area contributed by atoms with Crippen LogP contribution in [0.5, 0.6) is 0 Å². The fraction of sp³-hybridized carbons (Fsp3) is 0.241. The number of hydrogen-bond donors (Lipinski definition) is 2. The topological polar surface area (TPSA) is 31.6 Å². The van der Waals surface area contributed by atoms with Gasteiger partial charge in [-0.3, -0.25) is 0 Å². The zero-order valence-electron chi connectivity index (χ0n) is 18.8. The van der Waals surface area contributed by atoms with E-state index in [0.29, 0.717) is 11.8 Å². The SMILES string of the molecule is Cc1cccc2c(C(C)Cc3cccc4c(C(C)C)c(-c5ccccc5)[nH]c34)c[nH]c12. The summed E-state index contributed by atoms with van der Waals surface area (Å²) < 4.78 is 0. The molecule has 0 saturated carbocycles.